The number of nitrogens with zero attached hydrogens (tertiary/aromatic N) is 1. The molecule has 1 aliphatic heterocycles. The van der Waals surface area contributed by atoms with E-state index in [1.54, 1.807) is 0 Å². The molecule has 2 rings (SSSR count). The van der Waals surface area contributed by atoms with Gasteiger partial charge in [0.25, 0.3) is 0 Å². The first-order chi connectivity index (χ1) is 8.54. The molecular formula is C11H11Cl2NO4. The number of phenols is 1. The number of aromatic hydroxyl groups is 1. The number of carbonyl (C=O) groups excluding carboxylic acids is 1. The highest BCUT2D eigenvalue weighted by Crippen LogP contribution is 2.40. The van der Waals surface area contributed by atoms with E-state index < -0.39 is 12.2 Å². The minimum Gasteiger partial charge on any atom is -0.507 e. The zero-order valence-electron chi connectivity index (χ0n) is 9.27. The molecule has 0 aliphatic carbocycles. The lowest BCUT2D eigenvalue weighted by molar-refractivity contribution is 0.129. The summed E-state index contributed by atoms with van der Waals surface area (Å²) in [7, 11) is 0. The van der Waals surface area contributed by atoms with Crippen molar-refractivity contribution in [2.75, 3.05) is 19.7 Å². The monoisotopic (exact) mass is 291 g/mol. The summed E-state index contributed by atoms with van der Waals surface area (Å²) in [6.45, 7) is 0.234. The highest BCUT2D eigenvalue weighted by Gasteiger charge is 2.35. The molecule has 18 heavy (non-hydrogen) atoms. The first-order valence-corrected chi connectivity index (χ1v) is 6.03. The average Bonchev–Trinajstić information content (AvgIpc) is 2.67. The molecule has 0 aromatic heterocycles. The van der Waals surface area contributed by atoms with Crippen LogP contribution in [0, 0.1) is 0 Å². The molecule has 5 nitrogen and oxygen atoms in total. The van der Waals surface area contributed by atoms with E-state index in [1.807, 2.05) is 0 Å². The van der Waals surface area contributed by atoms with Gasteiger partial charge in [-0.25, -0.2) is 4.79 Å². The second-order valence-electron chi connectivity index (χ2n) is 3.84. The van der Waals surface area contributed by atoms with Gasteiger partial charge >= 0.3 is 6.09 Å². The maximum absolute atomic E-state index is 11.5. The van der Waals surface area contributed by atoms with Crippen LogP contribution in [0.25, 0.3) is 0 Å². The van der Waals surface area contributed by atoms with Gasteiger partial charge in [-0.15, -0.1) is 0 Å². The van der Waals surface area contributed by atoms with Crippen LogP contribution in [0.2, 0.25) is 10.0 Å². The topological polar surface area (TPSA) is 70.0 Å². The third kappa shape index (κ3) is 2.34. The molecule has 0 saturated carbocycles. The van der Waals surface area contributed by atoms with Gasteiger partial charge in [0.2, 0.25) is 0 Å². The van der Waals surface area contributed by atoms with Crippen molar-refractivity contribution in [3.63, 3.8) is 0 Å². The van der Waals surface area contributed by atoms with Crippen LogP contribution in [0.4, 0.5) is 4.79 Å². The fraction of sp³-hybridized carbons (Fsp3) is 0.364. The molecule has 0 unspecified atom stereocenters. The zero-order valence-corrected chi connectivity index (χ0v) is 10.8. The van der Waals surface area contributed by atoms with Crippen molar-refractivity contribution in [2.45, 2.75) is 6.10 Å². The summed E-state index contributed by atoms with van der Waals surface area (Å²) in [5.74, 6) is -0.0759. The van der Waals surface area contributed by atoms with Crippen molar-refractivity contribution in [3.05, 3.63) is 27.7 Å². The highest BCUT2D eigenvalue weighted by atomic mass is 35.5. The molecule has 1 heterocycles. The smallest absolute Gasteiger partial charge is 0.410 e. The summed E-state index contributed by atoms with van der Waals surface area (Å²) in [5.41, 5.74) is 0.290. The van der Waals surface area contributed by atoms with E-state index in [0.717, 1.165) is 0 Å². The lowest BCUT2D eigenvalue weighted by Crippen LogP contribution is -2.27. The first kappa shape index (κ1) is 13.3. The molecule has 98 valence electrons. The van der Waals surface area contributed by atoms with Gasteiger partial charge in [-0.3, -0.25) is 0 Å². The fourth-order valence-corrected chi connectivity index (χ4v) is 2.27. The Bertz CT molecular complexity index is 480. The molecular weight excluding hydrogens is 281 g/mol. The van der Waals surface area contributed by atoms with E-state index in [1.165, 1.54) is 17.0 Å². The average molecular weight is 292 g/mol. The minimum absolute atomic E-state index is 0.0759. The summed E-state index contributed by atoms with van der Waals surface area (Å²) in [4.78, 5) is 12.8. The van der Waals surface area contributed by atoms with Crippen LogP contribution in [-0.2, 0) is 4.74 Å². The van der Waals surface area contributed by atoms with Crippen molar-refractivity contribution in [1.82, 2.24) is 4.90 Å². The Morgan fingerprint density at radius 2 is 2.17 bits per heavy atom. The highest BCUT2D eigenvalue weighted by molar-refractivity contribution is 6.42. The maximum Gasteiger partial charge on any atom is 0.410 e. The summed E-state index contributed by atoms with van der Waals surface area (Å²) >= 11 is 11.9. The van der Waals surface area contributed by atoms with Crippen LogP contribution in [-0.4, -0.2) is 40.9 Å². The number of cyclic esters (lactones) is 1. The van der Waals surface area contributed by atoms with E-state index >= 15 is 0 Å². The summed E-state index contributed by atoms with van der Waals surface area (Å²) in [5, 5.41) is 19.0. The zero-order chi connectivity index (χ0) is 13.3. The maximum atomic E-state index is 11.5. The number of ether oxygens (including phenoxy) is 1. The normalized spacial score (nSPS) is 19.2. The van der Waals surface area contributed by atoms with E-state index in [0.29, 0.717) is 0 Å². The fourth-order valence-electron chi connectivity index (χ4n) is 1.82. The molecule has 0 radical (unpaired) electrons. The Kier molecular flexibility index (Phi) is 3.85. The van der Waals surface area contributed by atoms with E-state index in [4.69, 9.17) is 33.0 Å². The quantitative estimate of drug-likeness (QED) is 0.896. The van der Waals surface area contributed by atoms with Crippen LogP contribution in [0.1, 0.15) is 11.7 Å². The number of halogens is 2. The van der Waals surface area contributed by atoms with Crippen molar-refractivity contribution < 1.29 is 19.7 Å². The second kappa shape index (κ2) is 5.22. The molecule has 1 amide bonds. The molecule has 1 aliphatic rings. The van der Waals surface area contributed by atoms with Gasteiger partial charge in [0.05, 0.1) is 28.8 Å². The predicted octanol–water partition coefficient (Wildman–Crippen LogP) is 2.18. The number of phenolic OH excluding ortho intramolecular Hbond substituents is 1. The molecule has 0 bridgehead atoms. The van der Waals surface area contributed by atoms with Gasteiger partial charge in [0.1, 0.15) is 5.75 Å². The Balaban J connectivity index is 2.29. The third-order valence-electron chi connectivity index (χ3n) is 2.69. The lowest BCUT2D eigenvalue weighted by atomic mass is 10.1. The first-order valence-electron chi connectivity index (χ1n) is 5.28. The summed E-state index contributed by atoms with van der Waals surface area (Å²) in [6.07, 6.45) is -1.24. The number of rotatable bonds is 3. The van der Waals surface area contributed by atoms with Crippen molar-refractivity contribution in [2.24, 2.45) is 0 Å². The predicted molar refractivity (Wildman–Crippen MR) is 66.0 cm³/mol. The largest absolute Gasteiger partial charge is 0.507 e. The Morgan fingerprint density at radius 1 is 1.44 bits per heavy atom. The molecule has 0 spiro atoms. The van der Waals surface area contributed by atoms with E-state index in [2.05, 4.69) is 0 Å². The van der Waals surface area contributed by atoms with Gasteiger partial charge in [-0.2, -0.15) is 0 Å². The van der Waals surface area contributed by atoms with Crippen LogP contribution in [0.5, 0.6) is 5.75 Å². The number of aliphatic hydroxyl groups is 1. The SMILES string of the molecule is O=C1O[C@@H](c2c(O)ccc(Cl)c2Cl)CN1CCO. The van der Waals surface area contributed by atoms with Gasteiger partial charge in [0.15, 0.2) is 6.10 Å². The number of benzene rings is 1. The number of β-amino-alcohol motifs (C(OH)–C–C–N with tert-alkyl or cyclic N) is 1. The Hall–Kier alpha value is -1.17. The van der Waals surface area contributed by atoms with Crippen LogP contribution >= 0.6 is 23.2 Å². The van der Waals surface area contributed by atoms with Gasteiger partial charge in [0, 0.05) is 6.54 Å². The molecule has 1 aromatic rings. The summed E-state index contributed by atoms with van der Waals surface area (Å²) < 4.78 is 5.10. The van der Waals surface area contributed by atoms with Gasteiger partial charge < -0.3 is 19.8 Å². The number of aliphatic hydroxyl groups excluding tert-OH is 1. The molecule has 1 fully saturated rings. The van der Waals surface area contributed by atoms with Crippen molar-refractivity contribution in [3.8, 4) is 5.75 Å². The standard InChI is InChI=1S/C11H11Cl2NO4/c12-6-1-2-7(16)9(10(6)13)8-5-14(3-4-15)11(17)18-8/h1-2,8,15-16H,3-5H2/t8-/m1/s1. The van der Waals surface area contributed by atoms with Crippen molar-refractivity contribution in [1.29, 1.82) is 0 Å². The third-order valence-corrected chi connectivity index (χ3v) is 3.51. The molecule has 1 atom stereocenters. The molecule has 7 heteroatoms. The van der Waals surface area contributed by atoms with Gasteiger partial charge in [-0.05, 0) is 12.1 Å². The van der Waals surface area contributed by atoms with Gasteiger partial charge in [-0.1, -0.05) is 23.2 Å². The molecule has 1 aromatic carbocycles. The van der Waals surface area contributed by atoms with E-state index in [-0.39, 0.29) is 41.1 Å². The molecule has 1 saturated heterocycles. The minimum atomic E-state index is -0.685. The number of amides is 1. The summed E-state index contributed by atoms with van der Waals surface area (Å²) in [6, 6.07) is 2.86. The lowest BCUT2D eigenvalue weighted by Gasteiger charge is -2.14. The molecule has 2 N–H and O–H groups in total. The van der Waals surface area contributed by atoms with Crippen LogP contribution < -0.4 is 0 Å². The Morgan fingerprint density at radius 3 is 2.83 bits per heavy atom. The Labute approximate surface area is 113 Å². The number of carbonyl (C=O) groups is 1. The number of hydrogen-bond acceptors (Lipinski definition) is 4. The van der Waals surface area contributed by atoms with E-state index in [9.17, 15) is 9.90 Å². The second-order valence-corrected chi connectivity index (χ2v) is 4.62. The van der Waals surface area contributed by atoms with Crippen LogP contribution in [0.15, 0.2) is 12.1 Å². The van der Waals surface area contributed by atoms with Crippen LogP contribution in [0.3, 0.4) is 0 Å². The van der Waals surface area contributed by atoms with Crippen molar-refractivity contribution >= 4 is 29.3 Å². The number of hydrogen-bond donors (Lipinski definition) is 2.